The molecule has 0 aliphatic rings. The van der Waals surface area contributed by atoms with E-state index in [-0.39, 0.29) is 10.6 Å². The number of aromatic nitrogens is 2. The molecule has 0 aliphatic carbocycles. The first-order valence-corrected chi connectivity index (χ1v) is 8.55. The number of anilines is 1. The van der Waals surface area contributed by atoms with Gasteiger partial charge in [0.05, 0.1) is 16.8 Å². The molecule has 3 aromatic rings. The molecule has 1 N–H and O–H groups in total. The molecule has 3 rings (SSSR count). The Kier molecular flexibility index (Phi) is 5.02. The normalized spacial score (nSPS) is 10.9. The first kappa shape index (κ1) is 17.7. The van der Waals surface area contributed by atoms with Crippen LogP contribution in [0.5, 0.6) is 0 Å². The quantitative estimate of drug-likeness (QED) is 0.515. The highest BCUT2D eigenvalue weighted by molar-refractivity contribution is 5.64. The standard InChI is InChI=1S/C20H22N4O2/c1-14(2)16-9-7-15(8-10-16)12-21-20-22-13-19(23(20)3)17-5-4-6-18(11-17)24(25)26/h4-11,13-14H,12H2,1-3H3,(H,21,22). The van der Waals surface area contributed by atoms with Crippen molar-refractivity contribution in [1.29, 1.82) is 0 Å². The monoisotopic (exact) mass is 350 g/mol. The van der Waals surface area contributed by atoms with Crippen molar-refractivity contribution in [3.05, 3.63) is 76.0 Å². The minimum absolute atomic E-state index is 0.0726. The molecule has 0 atom stereocenters. The summed E-state index contributed by atoms with van der Waals surface area (Å²) in [6.07, 6.45) is 1.73. The zero-order chi connectivity index (χ0) is 18.7. The summed E-state index contributed by atoms with van der Waals surface area (Å²) < 4.78 is 1.90. The number of nitro benzene ring substituents is 1. The van der Waals surface area contributed by atoms with E-state index in [1.54, 1.807) is 18.3 Å². The average Bonchev–Trinajstić information content (AvgIpc) is 3.01. The van der Waals surface area contributed by atoms with Gasteiger partial charge in [0.15, 0.2) is 0 Å². The van der Waals surface area contributed by atoms with Crippen molar-refractivity contribution in [2.75, 3.05) is 5.32 Å². The zero-order valence-corrected chi connectivity index (χ0v) is 15.1. The summed E-state index contributed by atoms with van der Waals surface area (Å²) in [7, 11) is 1.89. The van der Waals surface area contributed by atoms with Gasteiger partial charge in [-0.2, -0.15) is 0 Å². The predicted molar refractivity (Wildman–Crippen MR) is 103 cm³/mol. The Balaban J connectivity index is 1.75. The van der Waals surface area contributed by atoms with Crippen molar-refractivity contribution in [3.63, 3.8) is 0 Å². The van der Waals surface area contributed by atoms with Gasteiger partial charge in [-0.25, -0.2) is 4.98 Å². The second-order valence-electron chi connectivity index (χ2n) is 6.58. The molecule has 6 heteroatoms. The van der Waals surface area contributed by atoms with Gasteiger partial charge in [-0.1, -0.05) is 50.2 Å². The van der Waals surface area contributed by atoms with Crippen LogP contribution in [0.1, 0.15) is 30.9 Å². The smallest absolute Gasteiger partial charge is 0.270 e. The molecule has 0 bridgehead atoms. The number of hydrogen-bond acceptors (Lipinski definition) is 4. The SMILES string of the molecule is CC(C)c1ccc(CNc2ncc(-c3cccc([N+](=O)[O-])c3)n2C)cc1. The summed E-state index contributed by atoms with van der Waals surface area (Å²) >= 11 is 0. The minimum atomic E-state index is -0.389. The largest absolute Gasteiger partial charge is 0.352 e. The van der Waals surface area contributed by atoms with Crippen LogP contribution < -0.4 is 5.32 Å². The fraction of sp³-hybridized carbons (Fsp3) is 0.250. The van der Waals surface area contributed by atoms with Crippen molar-refractivity contribution in [2.24, 2.45) is 7.05 Å². The highest BCUT2D eigenvalue weighted by Crippen LogP contribution is 2.25. The second kappa shape index (κ2) is 7.39. The van der Waals surface area contributed by atoms with Crippen LogP contribution in [0.2, 0.25) is 0 Å². The lowest BCUT2D eigenvalue weighted by molar-refractivity contribution is -0.384. The van der Waals surface area contributed by atoms with Gasteiger partial charge < -0.3 is 9.88 Å². The molecule has 2 aromatic carbocycles. The van der Waals surface area contributed by atoms with E-state index in [4.69, 9.17) is 0 Å². The van der Waals surface area contributed by atoms with Gasteiger partial charge in [0.2, 0.25) is 5.95 Å². The van der Waals surface area contributed by atoms with E-state index in [1.165, 1.54) is 17.2 Å². The lowest BCUT2D eigenvalue weighted by atomic mass is 10.0. The van der Waals surface area contributed by atoms with Crippen LogP contribution in [0, 0.1) is 10.1 Å². The van der Waals surface area contributed by atoms with Gasteiger partial charge >= 0.3 is 0 Å². The Morgan fingerprint density at radius 2 is 1.92 bits per heavy atom. The van der Waals surface area contributed by atoms with Crippen molar-refractivity contribution < 1.29 is 4.92 Å². The number of nitrogens with zero attached hydrogens (tertiary/aromatic N) is 3. The minimum Gasteiger partial charge on any atom is -0.352 e. The Hall–Kier alpha value is -3.15. The molecule has 1 aromatic heterocycles. The number of non-ortho nitro benzene ring substituents is 1. The third kappa shape index (κ3) is 3.74. The molecule has 0 aliphatic heterocycles. The van der Waals surface area contributed by atoms with Crippen molar-refractivity contribution in [1.82, 2.24) is 9.55 Å². The Labute approximate surface area is 152 Å². The van der Waals surface area contributed by atoms with Crippen molar-refractivity contribution in [3.8, 4) is 11.3 Å². The van der Waals surface area contributed by atoms with Crippen LogP contribution >= 0.6 is 0 Å². The summed E-state index contributed by atoms with van der Waals surface area (Å²) in [5.74, 6) is 1.24. The highest BCUT2D eigenvalue weighted by atomic mass is 16.6. The average molecular weight is 350 g/mol. The first-order chi connectivity index (χ1) is 12.5. The van der Waals surface area contributed by atoms with Crippen LogP contribution in [0.4, 0.5) is 11.6 Å². The molecule has 0 amide bonds. The molecular weight excluding hydrogens is 328 g/mol. The Morgan fingerprint density at radius 3 is 2.58 bits per heavy atom. The molecule has 1 heterocycles. The van der Waals surface area contributed by atoms with E-state index in [0.29, 0.717) is 12.5 Å². The van der Waals surface area contributed by atoms with E-state index in [0.717, 1.165) is 17.2 Å². The summed E-state index contributed by atoms with van der Waals surface area (Å²) in [4.78, 5) is 15.0. The van der Waals surface area contributed by atoms with Gasteiger partial charge in [0, 0.05) is 31.3 Å². The van der Waals surface area contributed by atoms with Gasteiger partial charge in [-0.15, -0.1) is 0 Å². The lowest BCUT2D eigenvalue weighted by Crippen LogP contribution is -2.06. The Bertz CT molecular complexity index is 914. The van der Waals surface area contributed by atoms with Gasteiger partial charge in [-0.05, 0) is 17.0 Å². The number of benzene rings is 2. The van der Waals surface area contributed by atoms with Crippen molar-refractivity contribution >= 4 is 11.6 Å². The third-order valence-corrected chi connectivity index (χ3v) is 4.44. The van der Waals surface area contributed by atoms with E-state index >= 15 is 0 Å². The van der Waals surface area contributed by atoms with E-state index in [9.17, 15) is 10.1 Å². The molecule has 0 unspecified atom stereocenters. The van der Waals surface area contributed by atoms with Gasteiger partial charge in [0.25, 0.3) is 5.69 Å². The summed E-state index contributed by atoms with van der Waals surface area (Å²) in [6, 6.07) is 15.1. The maximum Gasteiger partial charge on any atom is 0.270 e. The Morgan fingerprint density at radius 1 is 1.19 bits per heavy atom. The fourth-order valence-electron chi connectivity index (χ4n) is 2.82. The fourth-order valence-corrected chi connectivity index (χ4v) is 2.82. The maximum atomic E-state index is 11.0. The lowest BCUT2D eigenvalue weighted by Gasteiger charge is -2.10. The topological polar surface area (TPSA) is 73.0 Å². The molecule has 0 saturated carbocycles. The number of nitro groups is 1. The van der Waals surface area contributed by atoms with Crippen LogP contribution in [0.3, 0.4) is 0 Å². The number of nitrogens with one attached hydrogen (secondary N) is 1. The molecule has 0 saturated heterocycles. The number of imidazole rings is 1. The predicted octanol–water partition coefficient (Wildman–Crippen LogP) is 4.73. The third-order valence-electron chi connectivity index (χ3n) is 4.44. The van der Waals surface area contributed by atoms with Crippen LogP contribution in [-0.4, -0.2) is 14.5 Å². The first-order valence-electron chi connectivity index (χ1n) is 8.55. The maximum absolute atomic E-state index is 11.0. The van der Waals surface area contributed by atoms with Crippen LogP contribution in [0.25, 0.3) is 11.3 Å². The number of rotatable bonds is 6. The summed E-state index contributed by atoms with van der Waals surface area (Å²) in [6.45, 7) is 5.02. The molecule has 6 nitrogen and oxygen atoms in total. The second-order valence-corrected chi connectivity index (χ2v) is 6.58. The van der Waals surface area contributed by atoms with Crippen LogP contribution in [-0.2, 0) is 13.6 Å². The molecule has 0 spiro atoms. The zero-order valence-electron chi connectivity index (χ0n) is 15.1. The van der Waals surface area contributed by atoms with Gasteiger partial charge in [0.1, 0.15) is 0 Å². The molecular formula is C20H22N4O2. The molecule has 134 valence electrons. The molecule has 0 radical (unpaired) electrons. The van der Waals surface area contributed by atoms with E-state index in [2.05, 4.69) is 48.4 Å². The van der Waals surface area contributed by atoms with Gasteiger partial charge in [-0.3, -0.25) is 10.1 Å². The van der Waals surface area contributed by atoms with E-state index < -0.39 is 0 Å². The summed E-state index contributed by atoms with van der Waals surface area (Å²) in [5.41, 5.74) is 4.16. The summed E-state index contributed by atoms with van der Waals surface area (Å²) in [5, 5.41) is 14.3. The van der Waals surface area contributed by atoms with Crippen LogP contribution in [0.15, 0.2) is 54.7 Å². The highest BCUT2D eigenvalue weighted by Gasteiger charge is 2.12. The van der Waals surface area contributed by atoms with Crippen molar-refractivity contribution in [2.45, 2.75) is 26.3 Å². The molecule has 26 heavy (non-hydrogen) atoms. The van der Waals surface area contributed by atoms with E-state index in [1.807, 2.05) is 17.7 Å². The molecule has 0 fully saturated rings. The number of hydrogen-bond donors (Lipinski definition) is 1.